The van der Waals surface area contributed by atoms with Crippen molar-refractivity contribution in [3.63, 3.8) is 0 Å². The summed E-state index contributed by atoms with van der Waals surface area (Å²) in [5.41, 5.74) is 2.43. The third-order valence-corrected chi connectivity index (χ3v) is 3.89. The van der Waals surface area contributed by atoms with Crippen molar-refractivity contribution in [3.05, 3.63) is 29.8 Å². The molecule has 0 aliphatic carbocycles. The van der Waals surface area contributed by atoms with Gasteiger partial charge in [-0.05, 0) is 52.3 Å². The molecule has 3 nitrogen and oxygen atoms in total. The minimum absolute atomic E-state index is 0.151. The quantitative estimate of drug-likeness (QED) is 0.729. The topological polar surface area (TPSA) is 35.5 Å². The zero-order valence-electron chi connectivity index (χ0n) is 13.4. The first-order valence-electron chi connectivity index (χ1n) is 7.72. The van der Waals surface area contributed by atoms with Crippen LogP contribution in [0.15, 0.2) is 24.3 Å². The molecule has 0 heterocycles. The maximum absolute atomic E-state index is 9.51. The smallest absolute Gasteiger partial charge is 0.0610 e. The maximum Gasteiger partial charge on any atom is 0.0610 e. The molecule has 1 aromatic carbocycles. The fourth-order valence-corrected chi connectivity index (χ4v) is 2.54. The number of likely N-dealkylation sites (N-methyl/N-ethyl adjacent to an activating group) is 1. The lowest BCUT2D eigenvalue weighted by atomic mass is 9.96. The van der Waals surface area contributed by atoms with E-state index in [0.29, 0.717) is 0 Å². The van der Waals surface area contributed by atoms with Gasteiger partial charge >= 0.3 is 0 Å². The molecule has 0 aromatic heterocycles. The molecule has 1 rings (SSSR count). The molecule has 20 heavy (non-hydrogen) atoms. The van der Waals surface area contributed by atoms with E-state index in [-0.39, 0.29) is 12.1 Å². The number of aliphatic hydroxyl groups excluding tert-OH is 1. The number of aliphatic hydroxyl groups is 1. The summed E-state index contributed by atoms with van der Waals surface area (Å²) in [6.07, 6.45) is 2.06. The normalized spacial score (nSPS) is 14.1. The van der Waals surface area contributed by atoms with Crippen LogP contribution in [-0.4, -0.2) is 36.9 Å². The average molecular weight is 278 g/mol. The fourth-order valence-electron chi connectivity index (χ4n) is 2.54. The van der Waals surface area contributed by atoms with Crippen molar-refractivity contribution >= 4 is 5.69 Å². The van der Waals surface area contributed by atoms with Crippen LogP contribution >= 0.6 is 0 Å². The molecular formula is C17H30N2O. The molecule has 0 aliphatic heterocycles. The summed E-state index contributed by atoms with van der Waals surface area (Å²) in [7, 11) is 0. The van der Waals surface area contributed by atoms with Gasteiger partial charge in [-0.1, -0.05) is 24.6 Å². The number of benzene rings is 1. The van der Waals surface area contributed by atoms with Crippen molar-refractivity contribution in [3.8, 4) is 0 Å². The van der Waals surface area contributed by atoms with Crippen LogP contribution in [0.5, 0.6) is 0 Å². The Kier molecular flexibility index (Phi) is 7.03. The van der Waals surface area contributed by atoms with Crippen LogP contribution in [0.2, 0.25) is 0 Å². The molecule has 0 saturated heterocycles. The highest BCUT2D eigenvalue weighted by atomic mass is 16.3. The lowest BCUT2D eigenvalue weighted by Crippen LogP contribution is -2.46. The first kappa shape index (κ1) is 17.0. The van der Waals surface area contributed by atoms with E-state index >= 15 is 0 Å². The van der Waals surface area contributed by atoms with Crippen LogP contribution < -0.4 is 10.2 Å². The fraction of sp³-hybridized carbons (Fsp3) is 0.647. The number of rotatable bonds is 9. The van der Waals surface area contributed by atoms with Crippen LogP contribution in [-0.2, 0) is 0 Å². The van der Waals surface area contributed by atoms with Gasteiger partial charge in [-0.2, -0.15) is 0 Å². The highest BCUT2D eigenvalue weighted by molar-refractivity contribution is 5.47. The Morgan fingerprint density at radius 2 is 1.85 bits per heavy atom. The highest BCUT2D eigenvalue weighted by Crippen LogP contribution is 2.17. The molecule has 0 amide bonds. The number of hydrogen-bond donors (Lipinski definition) is 2. The van der Waals surface area contributed by atoms with Crippen molar-refractivity contribution in [2.45, 2.75) is 46.1 Å². The van der Waals surface area contributed by atoms with E-state index in [1.54, 1.807) is 0 Å². The maximum atomic E-state index is 9.51. The standard InChI is InChI=1S/C17H30N2O/c1-5-18-17(4,14-20)12-7-13-19(6-2)16-10-8-15(3)9-11-16/h8-11,18,20H,5-7,12-14H2,1-4H3. The predicted molar refractivity (Wildman–Crippen MR) is 87.5 cm³/mol. The molecule has 3 heteroatoms. The number of nitrogens with one attached hydrogen (secondary N) is 1. The SMILES string of the molecule is CCNC(C)(CO)CCCN(CC)c1ccc(C)cc1. The first-order chi connectivity index (χ1) is 9.54. The molecule has 1 aromatic rings. The Bertz CT molecular complexity index is 377. The second kappa shape index (κ2) is 8.28. The Balaban J connectivity index is 2.51. The molecule has 0 fully saturated rings. The zero-order valence-corrected chi connectivity index (χ0v) is 13.4. The Morgan fingerprint density at radius 1 is 1.20 bits per heavy atom. The van der Waals surface area contributed by atoms with Gasteiger partial charge < -0.3 is 15.3 Å². The molecule has 0 spiro atoms. The lowest BCUT2D eigenvalue weighted by molar-refractivity contribution is 0.166. The molecule has 1 unspecified atom stereocenters. The van der Waals surface area contributed by atoms with Crippen LogP contribution in [0.25, 0.3) is 0 Å². The van der Waals surface area contributed by atoms with Crippen molar-refractivity contribution in [1.29, 1.82) is 0 Å². The Hall–Kier alpha value is -1.06. The second-order valence-corrected chi connectivity index (χ2v) is 5.77. The molecule has 1 atom stereocenters. The summed E-state index contributed by atoms with van der Waals surface area (Å²) < 4.78 is 0. The average Bonchev–Trinajstić information content (AvgIpc) is 2.45. The molecule has 0 bridgehead atoms. The number of nitrogens with zero attached hydrogens (tertiary/aromatic N) is 1. The Morgan fingerprint density at radius 3 is 2.35 bits per heavy atom. The van der Waals surface area contributed by atoms with Gasteiger partial charge in [0.05, 0.1) is 6.61 Å². The molecule has 0 saturated carbocycles. The molecular weight excluding hydrogens is 248 g/mol. The molecule has 0 radical (unpaired) electrons. The van der Waals surface area contributed by atoms with E-state index in [2.05, 4.69) is 62.2 Å². The van der Waals surface area contributed by atoms with Gasteiger partial charge in [0.1, 0.15) is 0 Å². The number of anilines is 1. The number of hydrogen-bond acceptors (Lipinski definition) is 3. The molecule has 2 N–H and O–H groups in total. The van der Waals surface area contributed by atoms with Gasteiger partial charge in [0.15, 0.2) is 0 Å². The molecule has 0 aliphatic rings. The van der Waals surface area contributed by atoms with Gasteiger partial charge in [0, 0.05) is 24.3 Å². The van der Waals surface area contributed by atoms with Crippen molar-refractivity contribution < 1.29 is 5.11 Å². The van der Waals surface area contributed by atoms with Crippen molar-refractivity contribution in [2.24, 2.45) is 0 Å². The monoisotopic (exact) mass is 278 g/mol. The van der Waals surface area contributed by atoms with Crippen LogP contribution in [0, 0.1) is 6.92 Å². The van der Waals surface area contributed by atoms with Crippen LogP contribution in [0.1, 0.15) is 39.2 Å². The van der Waals surface area contributed by atoms with Crippen LogP contribution in [0.3, 0.4) is 0 Å². The van der Waals surface area contributed by atoms with Crippen LogP contribution in [0.4, 0.5) is 5.69 Å². The minimum Gasteiger partial charge on any atom is -0.394 e. The van der Waals surface area contributed by atoms with E-state index in [9.17, 15) is 5.11 Å². The van der Waals surface area contributed by atoms with Gasteiger partial charge in [-0.15, -0.1) is 0 Å². The van der Waals surface area contributed by atoms with E-state index in [1.807, 2.05) is 0 Å². The van der Waals surface area contributed by atoms with E-state index in [4.69, 9.17) is 0 Å². The van der Waals surface area contributed by atoms with E-state index in [1.165, 1.54) is 11.3 Å². The van der Waals surface area contributed by atoms with Gasteiger partial charge in [0.2, 0.25) is 0 Å². The van der Waals surface area contributed by atoms with Crippen molar-refractivity contribution in [2.75, 3.05) is 31.1 Å². The second-order valence-electron chi connectivity index (χ2n) is 5.77. The summed E-state index contributed by atoms with van der Waals surface area (Å²) >= 11 is 0. The third-order valence-electron chi connectivity index (χ3n) is 3.89. The zero-order chi connectivity index (χ0) is 15.0. The summed E-state index contributed by atoms with van der Waals surface area (Å²) in [6, 6.07) is 8.70. The predicted octanol–water partition coefficient (Wildman–Crippen LogP) is 2.96. The summed E-state index contributed by atoms with van der Waals surface area (Å²) in [5, 5.41) is 12.9. The highest BCUT2D eigenvalue weighted by Gasteiger charge is 2.21. The van der Waals surface area contributed by atoms with E-state index in [0.717, 1.165) is 32.5 Å². The largest absolute Gasteiger partial charge is 0.394 e. The molecule has 114 valence electrons. The van der Waals surface area contributed by atoms with Gasteiger partial charge in [-0.25, -0.2) is 0 Å². The minimum atomic E-state index is -0.151. The van der Waals surface area contributed by atoms with Gasteiger partial charge in [0.25, 0.3) is 0 Å². The Labute approximate surface area is 124 Å². The summed E-state index contributed by atoms with van der Waals surface area (Å²) in [4.78, 5) is 2.39. The third kappa shape index (κ3) is 5.14. The number of aryl methyl sites for hydroxylation is 1. The lowest BCUT2D eigenvalue weighted by Gasteiger charge is -2.30. The summed E-state index contributed by atoms with van der Waals surface area (Å²) in [5.74, 6) is 0. The van der Waals surface area contributed by atoms with E-state index < -0.39 is 0 Å². The summed E-state index contributed by atoms with van der Waals surface area (Å²) in [6.45, 7) is 11.6. The first-order valence-corrected chi connectivity index (χ1v) is 7.72. The van der Waals surface area contributed by atoms with Crippen molar-refractivity contribution in [1.82, 2.24) is 5.32 Å². The van der Waals surface area contributed by atoms with Gasteiger partial charge in [-0.3, -0.25) is 0 Å².